The Hall–Kier alpha value is -2.17. The van der Waals surface area contributed by atoms with Crippen molar-refractivity contribution in [3.8, 4) is 0 Å². The first-order valence-electron chi connectivity index (χ1n) is 7.20. The summed E-state index contributed by atoms with van der Waals surface area (Å²) < 4.78 is 5.27. The number of rotatable bonds is 6. The van der Waals surface area contributed by atoms with Gasteiger partial charge in [-0.1, -0.05) is 42.4 Å². The normalized spacial score (nSPS) is 13.7. The Morgan fingerprint density at radius 3 is 2.57 bits per heavy atom. The van der Waals surface area contributed by atoms with Gasteiger partial charge in [-0.05, 0) is 20.3 Å². The van der Waals surface area contributed by atoms with Crippen molar-refractivity contribution in [3.05, 3.63) is 41.7 Å². The zero-order chi connectivity index (χ0) is 15.4. The van der Waals surface area contributed by atoms with Gasteiger partial charge in [0.15, 0.2) is 11.6 Å². The Labute approximate surface area is 125 Å². The SMILES string of the molecule is CCC(C)N(C)c1nc(C(C)C(=O)c2ccccc2)no1. The molecule has 2 unspecified atom stereocenters. The third-order valence-corrected chi connectivity index (χ3v) is 3.82. The second-order valence-electron chi connectivity index (χ2n) is 5.26. The van der Waals surface area contributed by atoms with E-state index in [1.807, 2.05) is 30.1 Å². The van der Waals surface area contributed by atoms with Gasteiger partial charge in [0, 0.05) is 18.7 Å². The molecule has 112 valence electrons. The molecule has 0 aliphatic rings. The molecular weight excluding hydrogens is 266 g/mol. The largest absolute Gasteiger partial charge is 0.325 e. The molecule has 5 nitrogen and oxygen atoms in total. The van der Waals surface area contributed by atoms with Crippen LogP contribution in [-0.4, -0.2) is 29.0 Å². The minimum absolute atomic E-state index is 0.00542. The van der Waals surface area contributed by atoms with E-state index in [1.54, 1.807) is 19.1 Å². The van der Waals surface area contributed by atoms with E-state index in [4.69, 9.17) is 4.52 Å². The highest BCUT2D eigenvalue weighted by Gasteiger charge is 2.24. The highest BCUT2D eigenvalue weighted by atomic mass is 16.5. The lowest BCUT2D eigenvalue weighted by Gasteiger charge is -2.20. The molecule has 2 rings (SSSR count). The lowest BCUT2D eigenvalue weighted by Crippen LogP contribution is -2.28. The summed E-state index contributed by atoms with van der Waals surface area (Å²) in [6, 6.07) is 9.92. The van der Waals surface area contributed by atoms with E-state index in [-0.39, 0.29) is 5.78 Å². The minimum atomic E-state index is -0.421. The predicted molar refractivity (Wildman–Crippen MR) is 81.6 cm³/mol. The van der Waals surface area contributed by atoms with Crippen LogP contribution in [0.3, 0.4) is 0 Å². The first-order valence-corrected chi connectivity index (χ1v) is 7.20. The molecule has 0 spiro atoms. The van der Waals surface area contributed by atoms with Gasteiger partial charge in [0.25, 0.3) is 0 Å². The topological polar surface area (TPSA) is 59.2 Å². The predicted octanol–water partition coefficient (Wildman–Crippen LogP) is 3.29. The van der Waals surface area contributed by atoms with Gasteiger partial charge in [-0.3, -0.25) is 4.79 Å². The van der Waals surface area contributed by atoms with E-state index in [2.05, 4.69) is 24.0 Å². The van der Waals surface area contributed by atoms with Crippen molar-refractivity contribution in [1.29, 1.82) is 0 Å². The Morgan fingerprint density at radius 2 is 1.95 bits per heavy atom. The van der Waals surface area contributed by atoms with E-state index in [9.17, 15) is 4.79 Å². The van der Waals surface area contributed by atoms with E-state index >= 15 is 0 Å². The third-order valence-electron chi connectivity index (χ3n) is 3.82. The Kier molecular flexibility index (Phi) is 4.73. The van der Waals surface area contributed by atoms with Crippen molar-refractivity contribution in [2.45, 2.75) is 39.2 Å². The van der Waals surface area contributed by atoms with Gasteiger partial charge in [0.2, 0.25) is 0 Å². The van der Waals surface area contributed by atoms with Gasteiger partial charge in [-0.15, -0.1) is 0 Å². The molecule has 1 heterocycles. The molecule has 0 radical (unpaired) electrons. The van der Waals surface area contributed by atoms with Crippen molar-refractivity contribution in [1.82, 2.24) is 10.1 Å². The Balaban J connectivity index is 2.16. The lowest BCUT2D eigenvalue weighted by atomic mass is 9.99. The Morgan fingerprint density at radius 1 is 1.29 bits per heavy atom. The summed E-state index contributed by atoms with van der Waals surface area (Å²) in [6.07, 6.45) is 0.979. The molecular formula is C16H21N3O2. The number of ketones is 1. The molecule has 1 aromatic heterocycles. The number of aromatic nitrogens is 2. The fourth-order valence-corrected chi connectivity index (χ4v) is 1.98. The number of nitrogens with zero attached hydrogens (tertiary/aromatic N) is 3. The van der Waals surface area contributed by atoms with Crippen LogP contribution in [0.15, 0.2) is 34.9 Å². The first-order chi connectivity index (χ1) is 10.0. The molecule has 0 bridgehead atoms. The monoisotopic (exact) mass is 287 g/mol. The van der Waals surface area contributed by atoms with Crippen LogP contribution in [-0.2, 0) is 0 Å². The van der Waals surface area contributed by atoms with Gasteiger partial charge < -0.3 is 9.42 Å². The van der Waals surface area contributed by atoms with E-state index in [0.717, 1.165) is 6.42 Å². The van der Waals surface area contributed by atoms with Crippen LogP contribution < -0.4 is 4.90 Å². The fraction of sp³-hybridized carbons (Fsp3) is 0.438. The molecule has 0 N–H and O–H groups in total. The van der Waals surface area contributed by atoms with Gasteiger partial charge >= 0.3 is 6.01 Å². The third kappa shape index (κ3) is 3.29. The molecule has 0 aliphatic heterocycles. The standard InChI is InChI=1S/C16H21N3O2/c1-5-11(2)19(4)16-17-15(18-21-16)12(3)14(20)13-9-7-6-8-10-13/h6-12H,5H2,1-4H3. The van der Waals surface area contributed by atoms with Crippen molar-refractivity contribution in [2.75, 3.05) is 11.9 Å². The summed E-state index contributed by atoms with van der Waals surface area (Å²) in [5, 5.41) is 3.95. The number of benzene rings is 1. The number of Topliss-reactive ketones (excluding diaryl/α,β-unsaturated/α-hetero) is 1. The van der Waals surface area contributed by atoms with Crippen LogP contribution in [0, 0.1) is 0 Å². The second kappa shape index (κ2) is 6.52. The average Bonchev–Trinajstić information content (AvgIpc) is 3.02. The van der Waals surface area contributed by atoms with Gasteiger partial charge in [-0.25, -0.2) is 0 Å². The molecule has 2 atom stereocenters. The first kappa shape index (κ1) is 15.2. The molecule has 0 aliphatic carbocycles. The van der Waals surface area contributed by atoms with Crippen LogP contribution in [0.2, 0.25) is 0 Å². The highest BCUT2D eigenvalue weighted by Crippen LogP contribution is 2.21. The highest BCUT2D eigenvalue weighted by molar-refractivity contribution is 6.00. The van der Waals surface area contributed by atoms with Crippen molar-refractivity contribution in [2.24, 2.45) is 0 Å². The summed E-state index contributed by atoms with van der Waals surface area (Å²) in [6.45, 7) is 5.98. The number of hydrogen-bond donors (Lipinski definition) is 0. The molecule has 0 fully saturated rings. The molecule has 2 aromatic rings. The quantitative estimate of drug-likeness (QED) is 0.763. The van der Waals surface area contributed by atoms with Crippen molar-refractivity contribution < 1.29 is 9.32 Å². The van der Waals surface area contributed by atoms with Gasteiger partial charge in [0.1, 0.15) is 0 Å². The summed E-state index contributed by atoms with van der Waals surface area (Å²) in [4.78, 5) is 18.7. The maximum absolute atomic E-state index is 12.4. The zero-order valence-corrected chi connectivity index (χ0v) is 12.9. The molecule has 0 amide bonds. The van der Waals surface area contributed by atoms with E-state index < -0.39 is 5.92 Å². The van der Waals surface area contributed by atoms with Crippen molar-refractivity contribution in [3.63, 3.8) is 0 Å². The summed E-state index contributed by atoms with van der Waals surface area (Å²) in [5.74, 6) is -0.00150. The van der Waals surface area contributed by atoms with Gasteiger partial charge in [0.05, 0.1) is 5.92 Å². The smallest absolute Gasteiger partial charge is 0.324 e. The van der Waals surface area contributed by atoms with Crippen LogP contribution in [0.5, 0.6) is 0 Å². The lowest BCUT2D eigenvalue weighted by molar-refractivity contribution is 0.0961. The fourth-order valence-electron chi connectivity index (χ4n) is 1.98. The Bertz CT molecular complexity index is 595. The molecule has 1 aromatic carbocycles. The summed E-state index contributed by atoms with van der Waals surface area (Å²) in [7, 11) is 1.91. The van der Waals surface area contributed by atoms with Crippen LogP contribution >= 0.6 is 0 Å². The summed E-state index contributed by atoms with van der Waals surface area (Å²) in [5.41, 5.74) is 0.659. The van der Waals surface area contributed by atoms with Crippen LogP contribution in [0.25, 0.3) is 0 Å². The zero-order valence-electron chi connectivity index (χ0n) is 12.9. The molecule has 21 heavy (non-hydrogen) atoms. The number of carbonyl (C=O) groups is 1. The van der Waals surface area contributed by atoms with Crippen LogP contribution in [0.4, 0.5) is 6.01 Å². The number of carbonyl (C=O) groups excluding carboxylic acids is 1. The van der Waals surface area contributed by atoms with E-state index in [1.165, 1.54) is 0 Å². The second-order valence-corrected chi connectivity index (χ2v) is 5.26. The average molecular weight is 287 g/mol. The molecule has 0 saturated carbocycles. The maximum atomic E-state index is 12.4. The van der Waals surface area contributed by atoms with Gasteiger partial charge in [-0.2, -0.15) is 4.98 Å². The minimum Gasteiger partial charge on any atom is -0.325 e. The number of anilines is 1. The van der Waals surface area contributed by atoms with E-state index in [0.29, 0.717) is 23.4 Å². The molecule has 5 heteroatoms. The summed E-state index contributed by atoms with van der Waals surface area (Å²) >= 11 is 0. The van der Waals surface area contributed by atoms with Crippen molar-refractivity contribution >= 4 is 11.8 Å². The molecule has 0 saturated heterocycles. The maximum Gasteiger partial charge on any atom is 0.324 e. The number of hydrogen-bond acceptors (Lipinski definition) is 5. The van der Waals surface area contributed by atoms with Crippen LogP contribution in [0.1, 0.15) is 49.3 Å².